The highest BCUT2D eigenvalue weighted by Crippen LogP contribution is 2.31. The molecule has 93 heavy (non-hydrogen) atoms. The topological polar surface area (TPSA) is 356 Å². The number of amides is 12. The number of imide groups is 1. The standard InChI is InChI=1S/C67H101N11O15/c1-14-42(6)57(51(91-12)37-55(82)77-36-22-26-50(77)59(92-13)43(7)60(84)71-44(8)58(83)46-23-17-15-18-24-46)76(11)63(87)48(40(2)3)38-70-64(88)67(9,10)75-66(90)93-39-45-28-30-47(31-29-45)72-61(85)49(25-21-34-69-65(68)89)73-62(86)56(41(4)5)74-52(79)27-19-16-20-35-78-53(80)32-33-54(78)81/h15,17-18,23-24,28-33,38,40-44,48-51,56-59,83H,14,16,19-22,25-27,34-37,39H2,1-13H3,(H,71,84)(H,72,85)(H,73,86)(H,74,79)(H,75,90)(H3,68,69,89)/b70-38+/t42-,43+,44+,48?,49-,50-,51+,56-,57-,58+,59+/m0/s1. The summed E-state index contributed by atoms with van der Waals surface area (Å²) in [4.78, 5) is 154. The highest BCUT2D eigenvalue weighted by molar-refractivity contribution is 6.12. The van der Waals surface area contributed by atoms with Gasteiger partial charge in [0.1, 0.15) is 24.2 Å². The number of ether oxygens (including phenoxy) is 3. The van der Waals surface area contributed by atoms with Gasteiger partial charge in [-0.25, -0.2) is 14.6 Å². The summed E-state index contributed by atoms with van der Waals surface area (Å²) in [6.45, 7) is 18.0. The maximum Gasteiger partial charge on any atom is 0.408 e. The van der Waals surface area contributed by atoms with Gasteiger partial charge in [0, 0.05) is 71.4 Å². The zero-order valence-electron chi connectivity index (χ0n) is 56.4. The van der Waals surface area contributed by atoms with E-state index in [-0.39, 0.29) is 92.7 Å². The van der Waals surface area contributed by atoms with Crippen LogP contribution in [0.1, 0.15) is 151 Å². The van der Waals surface area contributed by atoms with Crippen molar-refractivity contribution in [2.45, 2.75) is 194 Å². The lowest BCUT2D eigenvalue weighted by Crippen LogP contribution is -2.54. The molecule has 2 aliphatic rings. The largest absolute Gasteiger partial charge is 0.445 e. The van der Waals surface area contributed by atoms with Gasteiger partial charge < -0.3 is 66.8 Å². The number of nitrogens with zero attached hydrogens (tertiary/aromatic N) is 4. The number of aliphatic hydroxyl groups excluding tert-OH is 1. The van der Waals surface area contributed by atoms with Gasteiger partial charge in [-0.2, -0.15) is 0 Å². The molecule has 2 heterocycles. The van der Waals surface area contributed by atoms with Crippen molar-refractivity contribution in [1.29, 1.82) is 0 Å². The molecule has 26 heteroatoms. The number of rotatable bonds is 37. The van der Waals surface area contributed by atoms with Gasteiger partial charge in [0.15, 0.2) is 0 Å². The van der Waals surface area contributed by atoms with Crippen molar-refractivity contribution in [3.05, 3.63) is 77.9 Å². The van der Waals surface area contributed by atoms with Gasteiger partial charge in [-0.05, 0) is 100 Å². The van der Waals surface area contributed by atoms with Crippen molar-refractivity contribution in [3.8, 4) is 0 Å². The maximum atomic E-state index is 14.6. The Labute approximate surface area is 547 Å². The van der Waals surface area contributed by atoms with E-state index < -0.39 is 102 Å². The molecular weight excluding hydrogens is 1200 g/mol. The van der Waals surface area contributed by atoms with Crippen LogP contribution in [-0.4, -0.2) is 180 Å². The molecule has 514 valence electrons. The Morgan fingerprint density at radius 3 is 2.06 bits per heavy atom. The molecule has 4 rings (SSSR count). The molecule has 0 aromatic heterocycles. The number of hydrogen-bond acceptors (Lipinski definition) is 15. The Bertz CT molecular complexity index is 2900. The van der Waals surface area contributed by atoms with Crippen LogP contribution >= 0.6 is 0 Å². The van der Waals surface area contributed by atoms with Crippen molar-refractivity contribution in [3.63, 3.8) is 0 Å². The molecule has 2 aromatic carbocycles. The molecule has 9 N–H and O–H groups in total. The van der Waals surface area contributed by atoms with Gasteiger partial charge in [0.2, 0.25) is 35.4 Å². The van der Waals surface area contributed by atoms with Crippen LogP contribution in [0.3, 0.4) is 0 Å². The summed E-state index contributed by atoms with van der Waals surface area (Å²) in [6, 6.07) is 10.8. The number of primary amides is 1. The second-order valence-electron chi connectivity index (χ2n) is 25.4. The average molecular weight is 1300 g/mol. The van der Waals surface area contributed by atoms with E-state index >= 15 is 0 Å². The number of carbonyl (C=O) groups excluding carboxylic acids is 11. The van der Waals surface area contributed by atoms with Crippen LogP contribution in [0.4, 0.5) is 15.3 Å². The number of unbranched alkanes of at least 4 members (excludes halogenated alkanes) is 2. The number of benzene rings is 2. The summed E-state index contributed by atoms with van der Waals surface area (Å²) in [6.07, 6.45) is 4.17. The monoisotopic (exact) mass is 1300 g/mol. The number of methoxy groups -OCH3 is 2. The van der Waals surface area contributed by atoms with E-state index in [9.17, 15) is 57.8 Å². The summed E-state index contributed by atoms with van der Waals surface area (Å²) in [7, 11) is 4.65. The van der Waals surface area contributed by atoms with E-state index in [4.69, 9.17) is 19.9 Å². The number of likely N-dealkylation sites (tertiary alicyclic amines) is 1. The van der Waals surface area contributed by atoms with Gasteiger partial charge in [0.05, 0.1) is 54.7 Å². The van der Waals surface area contributed by atoms with Crippen LogP contribution < -0.4 is 37.6 Å². The highest BCUT2D eigenvalue weighted by Gasteiger charge is 2.43. The van der Waals surface area contributed by atoms with Crippen LogP contribution in [0, 0.1) is 29.6 Å². The molecule has 0 spiro atoms. The number of urea groups is 1. The molecular formula is C67H101N11O15. The minimum absolute atomic E-state index is 0.0783. The fourth-order valence-electron chi connectivity index (χ4n) is 11.4. The number of anilines is 1. The van der Waals surface area contributed by atoms with Crippen LogP contribution in [-0.2, 0) is 64.0 Å². The second-order valence-corrected chi connectivity index (χ2v) is 25.4. The molecule has 1 unspecified atom stereocenters. The van der Waals surface area contributed by atoms with E-state index in [0.29, 0.717) is 61.9 Å². The molecule has 12 amide bonds. The molecule has 0 saturated carbocycles. The number of nitrogens with two attached hydrogens (primary N) is 1. The van der Waals surface area contributed by atoms with Crippen molar-refractivity contribution >= 4 is 77.2 Å². The lowest BCUT2D eigenvalue weighted by Gasteiger charge is -2.40. The third-order valence-corrected chi connectivity index (χ3v) is 17.2. The van der Waals surface area contributed by atoms with Crippen molar-refractivity contribution in [2.24, 2.45) is 40.3 Å². The Morgan fingerprint density at radius 2 is 1.47 bits per heavy atom. The fraction of sp³-hybridized carbons (Fsp3) is 0.612. The van der Waals surface area contributed by atoms with Crippen LogP contribution in [0.5, 0.6) is 0 Å². The average Bonchev–Trinajstić information content (AvgIpc) is 2.87. The number of aliphatic hydroxyl groups is 1. The van der Waals surface area contributed by atoms with E-state index in [1.54, 1.807) is 80.9 Å². The zero-order chi connectivity index (χ0) is 69.3. The van der Waals surface area contributed by atoms with Crippen LogP contribution in [0.25, 0.3) is 0 Å². The number of carbonyl (C=O) groups is 11. The lowest BCUT2D eigenvalue weighted by atomic mass is 9.88. The zero-order valence-corrected chi connectivity index (χ0v) is 56.4. The van der Waals surface area contributed by atoms with Crippen molar-refractivity contribution in [1.82, 2.24) is 41.3 Å². The van der Waals surface area contributed by atoms with Gasteiger partial charge in [-0.1, -0.05) is 104 Å². The molecule has 2 aromatic rings. The van der Waals surface area contributed by atoms with Gasteiger partial charge >= 0.3 is 12.1 Å². The molecule has 26 nitrogen and oxygen atoms in total. The number of aliphatic imine (C=N–C) groups is 1. The summed E-state index contributed by atoms with van der Waals surface area (Å²) in [5.41, 5.74) is 5.13. The Hall–Kier alpha value is -8.10. The first kappa shape index (κ1) is 77.3. The normalized spacial score (nSPS) is 17.4. The summed E-state index contributed by atoms with van der Waals surface area (Å²) < 4.78 is 17.5. The molecule has 0 radical (unpaired) electrons. The SMILES string of the molecule is CC[C@H](C)[C@@H]([C@@H](CC(=O)N1CCC[C@H]1[C@H](OC)[C@@H](C)C(=O)N[C@H](C)[C@@H](O)c1ccccc1)OC)N(C)C(=O)C(/C=N/C(=O)C(C)(C)NC(=O)OCc1ccc(NC(=O)[C@H](CCCNC(N)=O)NC(=O)[C@@H](NC(=O)CCCCCN2C(=O)C=CC2=O)C(C)C)cc1)C(C)C. The third-order valence-electron chi connectivity index (χ3n) is 17.2. The van der Waals surface area contributed by atoms with E-state index in [0.717, 1.165) is 4.90 Å². The van der Waals surface area contributed by atoms with E-state index in [1.165, 1.54) is 46.4 Å². The summed E-state index contributed by atoms with van der Waals surface area (Å²) in [5.74, 6) is -6.48. The lowest BCUT2D eigenvalue weighted by molar-refractivity contribution is -0.147. The van der Waals surface area contributed by atoms with Gasteiger partial charge in [-0.15, -0.1) is 0 Å². The minimum atomic E-state index is -1.60. The minimum Gasteiger partial charge on any atom is -0.445 e. The van der Waals surface area contributed by atoms with Crippen molar-refractivity contribution < 1.29 is 72.1 Å². The molecule has 11 atom stereocenters. The van der Waals surface area contributed by atoms with Gasteiger partial charge in [0.25, 0.3) is 17.7 Å². The molecule has 2 aliphatic heterocycles. The van der Waals surface area contributed by atoms with E-state index in [2.05, 4.69) is 36.9 Å². The first-order valence-electron chi connectivity index (χ1n) is 32.2. The number of nitrogens with one attached hydrogen (secondary N) is 6. The molecule has 0 aliphatic carbocycles. The summed E-state index contributed by atoms with van der Waals surface area (Å²) in [5, 5.41) is 27.1. The second kappa shape index (κ2) is 37.6. The maximum absolute atomic E-state index is 14.6. The predicted molar refractivity (Wildman–Crippen MR) is 349 cm³/mol. The molecule has 1 saturated heterocycles. The Balaban J connectivity index is 1.33. The first-order valence-corrected chi connectivity index (χ1v) is 32.2. The smallest absolute Gasteiger partial charge is 0.408 e. The Morgan fingerprint density at radius 1 is 0.817 bits per heavy atom. The first-order chi connectivity index (χ1) is 44.0. The number of likely N-dealkylation sites (N-methyl/N-ethyl adjacent to an activating group) is 1. The van der Waals surface area contributed by atoms with Crippen LogP contribution in [0.2, 0.25) is 0 Å². The van der Waals surface area contributed by atoms with Crippen LogP contribution in [0.15, 0.2) is 71.7 Å². The molecule has 1 fully saturated rings. The number of hydrogen-bond donors (Lipinski definition) is 8. The Kier molecular flexibility index (Phi) is 31.2. The van der Waals surface area contributed by atoms with Gasteiger partial charge in [-0.3, -0.25) is 48.1 Å². The highest BCUT2D eigenvalue weighted by atomic mass is 16.5. The predicted octanol–water partition coefficient (Wildman–Crippen LogP) is 5.22. The number of alkyl carbamates (subject to hydrolysis) is 1. The molecule has 0 bridgehead atoms. The fourth-order valence-corrected chi connectivity index (χ4v) is 11.4. The van der Waals surface area contributed by atoms with Crippen molar-refractivity contribution in [2.75, 3.05) is 46.2 Å². The quantitative estimate of drug-likeness (QED) is 0.0244. The van der Waals surface area contributed by atoms with E-state index in [1.807, 2.05) is 45.9 Å². The third kappa shape index (κ3) is 23.5. The summed E-state index contributed by atoms with van der Waals surface area (Å²) >= 11 is 0.